The molecule has 0 spiro atoms. The van der Waals surface area contributed by atoms with E-state index >= 15 is 4.39 Å². The van der Waals surface area contributed by atoms with Crippen LogP contribution in [0, 0.1) is 5.82 Å². The molecule has 3 rings (SSSR count). The summed E-state index contributed by atoms with van der Waals surface area (Å²) in [7, 11) is 1.69. The summed E-state index contributed by atoms with van der Waals surface area (Å²) >= 11 is 0. The van der Waals surface area contributed by atoms with E-state index in [0.717, 1.165) is 19.0 Å². The second-order valence-corrected chi connectivity index (χ2v) is 6.77. The summed E-state index contributed by atoms with van der Waals surface area (Å²) in [6.45, 7) is 4.54. The van der Waals surface area contributed by atoms with Crippen LogP contribution in [-0.2, 0) is 16.1 Å². The SMILES string of the molecule is C=CC(=O)N1CCC[C@@H](N(C)c2nc(C(C=O)=CN)c3c(c2F)CNC3=O)C1. The van der Waals surface area contributed by atoms with E-state index in [4.69, 9.17) is 5.73 Å². The number of hydrogen-bond acceptors (Lipinski definition) is 6. The molecule has 0 radical (unpaired) electrons. The van der Waals surface area contributed by atoms with E-state index in [-0.39, 0.29) is 46.7 Å². The van der Waals surface area contributed by atoms with Crippen LogP contribution in [0.15, 0.2) is 18.9 Å². The molecule has 2 aliphatic rings. The second-order valence-electron chi connectivity index (χ2n) is 6.77. The minimum Gasteiger partial charge on any atom is -0.404 e. The quantitative estimate of drug-likeness (QED) is 0.565. The Morgan fingerprint density at radius 1 is 1.50 bits per heavy atom. The van der Waals surface area contributed by atoms with Crippen LogP contribution in [0.3, 0.4) is 0 Å². The monoisotopic (exact) mass is 387 g/mol. The third kappa shape index (κ3) is 3.23. The zero-order chi connectivity index (χ0) is 20.4. The number of aldehydes is 1. The number of amides is 2. The number of nitrogens with two attached hydrogens (primary N) is 1. The van der Waals surface area contributed by atoms with Gasteiger partial charge in [0.2, 0.25) is 5.91 Å². The Hall–Kier alpha value is -3.23. The number of fused-ring (bicyclic) bond motifs is 1. The second kappa shape index (κ2) is 7.79. The van der Waals surface area contributed by atoms with Crippen LogP contribution < -0.4 is 16.0 Å². The lowest BCUT2D eigenvalue weighted by molar-refractivity contribution is -0.127. The van der Waals surface area contributed by atoms with Gasteiger partial charge < -0.3 is 20.9 Å². The Morgan fingerprint density at radius 3 is 2.89 bits per heavy atom. The number of halogens is 1. The van der Waals surface area contributed by atoms with Crippen molar-refractivity contribution >= 4 is 29.5 Å². The number of pyridine rings is 1. The first-order chi connectivity index (χ1) is 13.4. The number of anilines is 1. The number of carbonyl (C=O) groups excluding carboxylic acids is 3. The highest BCUT2D eigenvalue weighted by Crippen LogP contribution is 2.32. The van der Waals surface area contributed by atoms with Crippen LogP contribution >= 0.6 is 0 Å². The molecule has 1 aromatic rings. The van der Waals surface area contributed by atoms with Crippen molar-refractivity contribution in [3.63, 3.8) is 0 Å². The van der Waals surface area contributed by atoms with Crippen molar-refractivity contribution in [3.05, 3.63) is 41.5 Å². The van der Waals surface area contributed by atoms with Crippen LogP contribution in [0.5, 0.6) is 0 Å². The number of piperidine rings is 1. The minimum absolute atomic E-state index is 0.00931. The molecular formula is C19H22FN5O3. The lowest BCUT2D eigenvalue weighted by Crippen LogP contribution is -2.48. The highest BCUT2D eigenvalue weighted by atomic mass is 19.1. The maximum Gasteiger partial charge on any atom is 0.254 e. The molecule has 3 N–H and O–H groups in total. The summed E-state index contributed by atoms with van der Waals surface area (Å²) in [6.07, 6.45) is 4.30. The summed E-state index contributed by atoms with van der Waals surface area (Å²) in [4.78, 5) is 43.1. The highest BCUT2D eigenvalue weighted by molar-refractivity contribution is 6.12. The van der Waals surface area contributed by atoms with Crippen molar-refractivity contribution in [2.75, 3.05) is 25.0 Å². The first kappa shape index (κ1) is 19.5. The normalized spacial score (nSPS) is 19.1. The number of hydrogen-bond donors (Lipinski definition) is 2. The molecule has 3 heterocycles. The molecule has 148 valence electrons. The van der Waals surface area contributed by atoms with Crippen molar-refractivity contribution in [1.82, 2.24) is 15.2 Å². The van der Waals surface area contributed by atoms with E-state index in [1.54, 1.807) is 16.8 Å². The third-order valence-electron chi connectivity index (χ3n) is 5.21. The molecule has 0 saturated carbocycles. The van der Waals surface area contributed by atoms with Gasteiger partial charge in [-0.1, -0.05) is 6.58 Å². The van der Waals surface area contributed by atoms with E-state index in [9.17, 15) is 14.4 Å². The van der Waals surface area contributed by atoms with Crippen molar-refractivity contribution in [2.45, 2.75) is 25.4 Å². The van der Waals surface area contributed by atoms with Gasteiger partial charge in [0.05, 0.1) is 16.8 Å². The predicted octanol–water partition coefficient (Wildman–Crippen LogP) is 0.576. The third-order valence-corrected chi connectivity index (χ3v) is 5.21. The van der Waals surface area contributed by atoms with Crippen LogP contribution in [-0.4, -0.2) is 54.2 Å². The van der Waals surface area contributed by atoms with Gasteiger partial charge in [-0.2, -0.15) is 0 Å². The summed E-state index contributed by atoms with van der Waals surface area (Å²) in [5.41, 5.74) is 5.76. The number of nitrogens with one attached hydrogen (secondary N) is 1. The van der Waals surface area contributed by atoms with Crippen LogP contribution in [0.2, 0.25) is 0 Å². The Labute approximate surface area is 161 Å². The Kier molecular flexibility index (Phi) is 5.43. The van der Waals surface area contributed by atoms with E-state index in [2.05, 4.69) is 16.9 Å². The van der Waals surface area contributed by atoms with Crippen molar-refractivity contribution in [3.8, 4) is 0 Å². The van der Waals surface area contributed by atoms with E-state index in [0.29, 0.717) is 19.4 Å². The summed E-state index contributed by atoms with van der Waals surface area (Å²) in [5, 5.41) is 2.56. The zero-order valence-electron chi connectivity index (χ0n) is 15.6. The van der Waals surface area contributed by atoms with Gasteiger partial charge in [0.25, 0.3) is 5.91 Å². The first-order valence-electron chi connectivity index (χ1n) is 8.95. The fourth-order valence-electron chi connectivity index (χ4n) is 3.66. The van der Waals surface area contributed by atoms with Crippen LogP contribution in [0.1, 0.15) is 34.5 Å². The molecule has 1 fully saturated rings. The fraction of sp³-hybridized carbons (Fsp3) is 0.368. The molecule has 0 aromatic carbocycles. The molecule has 1 saturated heterocycles. The minimum atomic E-state index is -0.617. The average molecular weight is 387 g/mol. The summed E-state index contributed by atoms with van der Waals surface area (Å²) in [6, 6.07) is -0.169. The molecule has 9 heteroatoms. The number of likely N-dealkylation sites (tertiary alicyclic amines) is 1. The van der Waals surface area contributed by atoms with Gasteiger partial charge in [0.1, 0.15) is 0 Å². The topological polar surface area (TPSA) is 109 Å². The van der Waals surface area contributed by atoms with E-state index in [1.807, 2.05) is 0 Å². The molecule has 0 aliphatic carbocycles. The largest absolute Gasteiger partial charge is 0.404 e. The number of rotatable bonds is 5. The van der Waals surface area contributed by atoms with Gasteiger partial charge in [-0.15, -0.1) is 0 Å². The van der Waals surface area contributed by atoms with E-state index < -0.39 is 11.7 Å². The van der Waals surface area contributed by atoms with Gasteiger partial charge in [-0.05, 0) is 18.9 Å². The van der Waals surface area contributed by atoms with Gasteiger partial charge in [0.15, 0.2) is 17.9 Å². The van der Waals surface area contributed by atoms with Gasteiger partial charge >= 0.3 is 0 Å². The lowest BCUT2D eigenvalue weighted by atomic mass is 10.0. The van der Waals surface area contributed by atoms with Crippen molar-refractivity contribution < 1.29 is 18.8 Å². The molecule has 0 unspecified atom stereocenters. The molecule has 8 nitrogen and oxygen atoms in total. The van der Waals surface area contributed by atoms with Crippen LogP contribution in [0.4, 0.5) is 10.2 Å². The lowest BCUT2D eigenvalue weighted by Gasteiger charge is -2.38. The number of allylic oxidation sites excluding steroid dienone is 1. The molecule has 1 atom stereocenters. The van der Waals surface area contributed by atoms with Crippen molar-refractivity contribution in [1.29, 1.82) is 0 Å². The Balaban J connectivity index is 2.03. The number of aromatic nitrogens is 1. The van der Waals surface area contributed by atoms with Gasteiger partial charge in [-0.25, -0.2) is 9.37 Å². The molecule has 2 aliphatic heterocycles. The smallest absolute Gasteiger partial charge is 0.254 e. The Morgan fingerprint density at radius 2 is 2.25 bits per heavy atom. The summed E-state index contributed by atoms with van der Waals surface area (Å²) in [5.74, 6) is -1.27. The first-order valence-corrected chi connectivity index (χ1v) is 8.95. The average Bonchev–Trinajstić information content (AvgIpc) is 3.11. The molecular weight excluding hydrogens is 365 g/mol. The number of carbonyl (C=O) groups is 3. The van der Waals surface area contributed by atoms with Gasteiger partial charge in [-0.3, -0.25) is 14.4 Å². The standard InChI is InChI=1S/C19H22FN5O3/c1-3-14(27)25-6-4-5-12(9-25)24(2)18-16(20)13-8-22-19(28)15(13)17(23-18)11(7-21)10-26/h3,7,10,12H,1,4-6,8-9,21H2,2H3,(H,22,28)/t12-/m1/s1. The zero-order valence-corrected chi connectivity index (χ0v) is 15.6. The fourth-order valence-corrected chi connectivity index (χ4v) is 3.66. The van der Waals surface area contributed by atoms with Gasteiger partial charge in [0, 0.05) is 44.5 Å². The van der Waals surface area contributed by atoms with Crippen molar-refractivity contribution in [2.24, 2.45) is 5.73 Å². The number of likely N-dealkylation sites (N-methyl/N-ethyl adjacent to an activating group) is 1. The number of nitrogens with zero attached hydrogens (tertiary/aromatic N) is 3. The molecule has 0 bridgehead atoms. The molecule has 1 aromatic heterocycles. The summed E-state index contributed by atoms with van der Waals surface area (Å²) < 4.78 is 15.2. The maximum absolute atomic E-state index is 15.2. The van der Waals surface area contributed by atoms with Crippen LogP contribution in [0.25, 0.3) is 5.57 Å². The maximum atomic E-state index is 15.2. The van der Waals surface area contributed by atoms with E-state index in [1.165, 1.54) is 6.08 Å². The predicted molar refractivity (Wildman–Crippen MR) is 102 cm³/mol. The molecule has 28 heavy (non-hydrogen) atoms. The highest BCUT2D eigenvalue weighted by Gasteiger charge is 2.34. The molecule has 2 amide bonds. The Bertz CT molecular complexity index is 883.